The van der Waals surface area contributed by atoms with Crippen LogP contribution in [0.2, 0.25) is 5.02 Å². The molecule has 0 saturated heterocycles. The number of amides is 1. The zero-order valence-electron chi connectivity index (χ0n) is 15.6. The first-order valence-electron chi connectivity index (χ1n) is 8.80. The number of rotatable bonds is 8. The van der Waals surface area contributed by atoms with Gasteiger partial charge in [-0.15, -0.1) is 10.2 Å². The number of benzene rings is 2. The first-order valence-corrected chi connectivity index (χ1v) is 11.0. The zero-order chi connectivity index (χ0) is 20.8. The second kappa shape index (κ2) is 10.0. The van der Waals surface area contributed by atoms with Crippen LogP contribution in [0.15, 0.2) is 58.2 Å². The topological polar surface area (TPSA) is 76.9 Å². The Kier molecular flexibility index (Phi) is 7.46. The van der Waals surface area contributed by atoms with Gasteiger partial charge in [0.15, 0.2) is 10.9 Å². The third kappa shape index (κ3) is 5.91. The van der Waals surface area contributed by atoms with E-state index in [9.17, 15) is 9.59 Å². The Hall–Kier alpha value is -2.16. The van der Waals surface area contributed by atoms with Crippen LogP contribution in [0.5, 0.6) is 0 Å². The van der Waals surface area contributed by atoms with Crippen molar-refractivity contribution in [1.82, 2.24) is 20.1 Å². The summed E-state index contributed by atoms with van der Waals surface area (Å²) in [5, 5.41) is 12.5. The average molecular weight is 494 g/mol. The fraction of sp³-hybridized carbons (Fsp3) is 0.200. The van der Waals surface area contributed by atoms with E-state index in [1.54, 1.807) is 24.3 Å². The molecule has 1 N–H and O–H groups in total. The molecule has 0 atom stereocenters. The largest absolute Gasteiger partial charge is 0.356 e. The van der Waals surface area contributed by atoms with Gasteiger partial charge in [0.1, 0.15) is 5.82 Å². The van der Waals surface area contributed by atoms with Gasteiger partial charge in [0.05, 0.1) is 5.75 Å². The van der Waals surface area contributed by atoms with Gasteiger partial charge in [-0.1, -0.05) is 39.3 Å². The molecule has 3 aromatic rings. The van der Waals surface area contributed by atoms with Gasteiger partial charge in [0.25, 0.3) is 0 Å². The number of carbonyl (C=O) groups excluding carboxylic acids is 2. The third-order valence-electron chi connectivity index (χ3n) is 4.01. The zero-order valence-corrected chi connectivity index (χ0v) is 18.7. The molecule has 9 heteroatoms. The quantitative estimate of drug-likeness (QED) is 0.373. The standard InChI is InChI=1S/C20H18BrClN4O2S/c1-13(27)23-11-10-19-24-25-20(26(19)17-8-4-15(21)5-9-17)29-12-18(28)14-2-6-16(22)7-3-14/h2-9H,10-12H2,1H3,(H,23,27). The normalized spacial score (nSPS) is 10.7. The Balaban J connectivity index is 1.80. The van der Waals surface area contributed by atoms with E-state index < -0.39 is 0 Å². The summed E-state index contributed by atoms with van der Waals surface area (Å²) in [6, 6.07) is 14.6. The first kappa shape index (κ1) is 21.5. The first-order chi connectivity index (χ1) is 13.9. The molecule has 3 rings (SSSR count). The molecule has 0 fully saturated rings. The highest BCUT2D eigenvalue weighted by Crippen LogP contribution is 2.24. The van der Waals surface area contributed by atoms with Gasteiger partial charge in [0, 0.05) is 40.6 Å². The Bertz CT molecular complexity index is 1010. The van der Waals surface area contributed by atoms with Crippen molar-refractivity contribution in [3.63, 3.8) is 0 Å². The van der Waals surface area contributed by atoms with E-state index >= 15 is 0 Å². The number of nitrogens with zero attached hydrogens (tertiary/aromatic N) is 3. The number of carbonyl (C=O) groups is 2. The molecule has 1 heterocycles. The molecule has 0 aliphatic carbocycles. The summed E-state index contributed by atoms with van der Waals surface area (Å²) in [6.45, 7) is 1.93. The van der Waals surface area contributed by atoms with Crippen LogP contribution in [0, 0.1) is 0 Å². The molecule has 1 amide bonds. The molecule has 0 bridgehead atoms. The predicted octanol–water partition coefficient (Wildman–Crippen LogP) is 4.34. The summed E-state index contributed by atoms with van der Waals surface area (Å²) in [6.07, 6.45) is 0.522. The number of hydrogen-bond acceptors (Lipinski definition) is 5. The van der Waals surface area contributed by atoms with Crippen LogP contribution in [-0.4, -0.2) is 38.8 Å². The third-order valence-corrected chi connectivity index (χ3v) is 5.72. The second-order valence-corrected chi connectivity index (χ2v) is 8.46. The minimum Gasteiger partial charge on any atom is -0.356 e. The van der Waals surface area contributed by atoms with E-state index in [-0.39, 0.29) is 17.4 Å². The van der Waals surface area contributed by atoms with Crippen LogP contribution in [0.3, 0.4) is 0 Å². The summed E-state index contributed by atoms with van der Waals surface area (Å²) in [7, 11) is 0. The monoisotopic (exact) mass is 492 g/mol. The van der Waals surface area contributed by atoms with Crippen molar-refractivity contribution in [2.75, 3.05) is 12.3 Å². The summed E-state index contributed by atoms with van der Waals surface area (Å²) in [5.41, 5.74) is 1.49. The number of nitrogens with one attached hydrogen (secondary N) is 1. The SMILES string of the molecule is CC(=O)NCCc1nnc(SCC(=O)c2ccc(Cl)cc2)n1-c1ccc(Br)cc1. The molecule has 0 radical (unpaired) electrons. The smallest absolute Gasteiger partial charge is 0.216 e. The molecule has 0 aliphatic heterocycles. The second-order valence-electron chi connectivity index (χ2n) is 6.16. The van der Waals surface area contributed by atoms with Gasteiger partial charge >= 0.3 is 0 Å². The summed E-state index contributed by atoms with van der Waals surface area (Å²) >= 11 is 10.6. The van der Waals surface area contributed by atoms with Crippen LogP contribution in [0.4, 0.5) is 0 Å². The highest BCUT2D eigenvalue weighted by molar-refractivity contribution is 9.10. The summed E-state index contributed by atoms with van der Waals surface area (Å²) in [4.78, 5) is 23.7. The van der Waals surface area contributed by atoms with E-state index in [4.69, 9.17) is 11.6 Å². The lowest BCUT2D eigenvalue weighted by Crippen LogP contribution is -2.23. The fourth-order valence-corrected chi connectivity index (χ4v) is 3.86. The molecule has 6 nitrogen and oxygen atoms in total. The number of hydrogen-bond donors (Lipinski definition) is 1. The van der Waals surface area contributed by atoms with Crippen LogP contribution < -0.4 is 5.32 Å². The molecule has 0 saturated carbocycles. The maximum Gasteiger partial charge on any atom is 0.216 e. The molecular weight excluding hydrogens is 476 g/mol. The van der Waals surface area contributed by atoms with Crippen LogP contribution in [0.1, 0.15) is 23.1 Å². The molecule has 0 spiro atoms. The number of Topliss-reactive ketones (excluding diaryl/α,β-unsaturated/α-hetero) is 1. The fourth-order valence-electron chi connectivity index (χ4n) is 2.60. The van der Waals surface area contributed by atoms with Gasteiger partial charge in [-0.25, -0.2) is 0 Å². The van der Waals surface area contributed by atoms with Crippen molar-refractivity contribution < 1.29 is 9.59 Å². The maximum absolute atomic E-state index is 12.5. The molecule has 0 aliphatic rings. The molecule has 1 aromatic heterocycles. The molecule has 0 unspecified atom stereocenters. The lowest BCUT2D eigenvalue weighted by atomic mass is 10.1. The van der Waals surface area contributed by atoms with Crippen molar-refractivity contribution in [3.05, 3.63) is 69.4 Å². The van der Waals surface area contributed by atoms with E-state index in [2.05, 4.69) is 31.4 Å². The van der Waals surface area contributed by atoms with Crippen molar-refractivity contribution in [2.45, 2.75) is 18.5 Å². The molecule has 29 heavy (non-hydrogen) atoms. The van der Waals surface area contributed by atoms with Gasteiger partial charge < -0.3 is 5.32 Å². The number of ketones is 1. The number of aromatic nitrogens is 3. The highest BCUT2D eigenvalue weighted by atomic mass is 79.9. The number of thioether (sulfide) groups is 1. The molecular formula is C20H18BrClN4O2S. The van der Waals surface area contributed by atoms with Crippen molar-refractivity contribution in [1.29, 1.82) is 0 Å². The predicted molar refractivity (Wildman–Crippen MR) is 118 cm³/mol. The van der Waals surface area contributed by atoms with E-state index in [1.165, 1.54) is 18.7 Å². The van der Waals surface area contributed by atoms with E-state index in [1.807, 2.05) is 28.8 Å². The Morgan fingerprint density at radius 1 is 1.10 bits per heavy atom. The van der Waals surface area contributed by atoms with E-state index in [0.717, 1.165) is 10.2 Å². The van der Waals surface area contributed by atoms with Crippen molar-refractivity contribution >= 4 is 51.0 Å². The Morgan fingerprint density at radius 3 is 2.45 bits per heavy atom. The highest BCUT2D eigenvalue weighted by Gasteiger charge is 2.16. The minimum absolute atomic E-state index is 0.0168. The van der Waals surface area contributed by atoms with Gasteiger partial charge in [-0.2, -0.15) is 0 Å². The van der Waals surface area contributed by atoms with Crippen molar-refractivity contribution in [2.24, 2.45) is 0 Å². The van der Waals surface area contributed by atoms with E-state index in [0.29, 0.717) is 34.5 Å². The van der Waals surface area contributed by atoms with Crippen LogP contribution in [-0.2, 0) is 11.2 Å². The summed E-state index contributed by atoms with van der Waals surface area (Å²) < 4.78 is 2.87. The van der Waals surface area contributed by atoms with Gasteiger partial charge in [-0.3, -0.25) is 14.2 Å². The lowest BCUT2D eigenvalue weighted by molar-refractivity contribution is -0.118. The number of halogens is 2. The molecule has 150 valence electrons. The van der Waals surface area contributed by atoms with Gasteiger partial charge in [-0.05, 0) is 48.5 Å². The maximum atomic E-state index is 12.5. The average Bonchev–Trinajstić information content (AvgIpc) is 3.10. The van der Waals surface area contributed by atoms with Gasteiger partial charge in [0.2, 0.25) is 5.91 Å². The Labute approximate surface area is 186 Å². The summed E-state index contributed by atoms with van der Waals surface area (Å²) in [5.74, 6) is 0.823. The molecule has 2 aromatic carbocycles. The lowest BCUT2D eigenvalue weighted by Gasteiger charge is -2.10. The van der Waals surface area contributed by atoms with Crippen molar-refractivity contribution in [3.8, 4) is 5.69 Å². The van der Waals surface area contributed by atoms with Crippen LogP contribution in [0.25, 0.3) is 5.69 Å². The minimum atomic E-state index is -0.0946. The Morgan fingerprint density at radius 2 is 1.79 bits per heavy atom. The van der Waals surface area contributed by atoms with Crippen LogP contribution >= 0.6 is 39.3 Å².